The summed E-state index contributed by atoms with van der Waals surface area (Å²) in [6.07, 6.45) is 0. The Morgan fingerprint density at radius 1 is 1.22 bits per heavy atom. The van der Waals surface area contributed by atoms with Crippen LogP contribution in [-0.4, -0.2) is 19.7 Å². The summed E-state index contributed by atoms with van der Waals surface area (Å²) < 4.78 is 1.71. The molecule has 3 heterocycles. The highest BCUT2D eigenvalue weighted by Crippen LogP contribution is 2.28. The van der Waals surface area contributed by atoms with Crippen molar-refractivity contribution in [2.24, 2.45) is 0 Å². The second-order valence-electron chi connectivity index (χ2n) is 3.85. The van der Waals surface area contributed by atoms with Crippen LogP contribution in [0.4, 0.5) is 0 Å². The molecule has 18 heavy (non-hydrogen) atoms. The Labute approximate surface area is 117 Å². The van der Waals surface area contributed by atoms with E-state index in [2.05, 4.69) is 15.1 Å². The minimum absolute atomic E-state index is 0.212. The van der Waals surface area contributed by atoms with Gasteiger partial charge in [-0.2, -0.15) is 10.1 Å². The van der Waals surface area contributed by atoms with E-state index in [4.69, 9.17) is 23.2 Å². The molecule has 3 rings (SSSR count). The van der Waals surface area contributed by atoms with E-state index in [-0.39, 0.29) is 5.28 Å². The standard InChI is InChI=1S/C11H8Cl2N4S/c1-5-8(12)6(2)17(16-5)9-7-3-4-18-10(7)15-11(13)14-9/h3-4H,1-2H3. The van der Waals surface area contributed by atoms with Gasteiger partial charge in [-0.05, 0) is 36.9 Å². The molecule has 0 aliphatic rings. The Morgan fingerprint density at radius 2 is 2.00 bits per heavy atom. The average Bonchev–Trinajstić information content (AvgIpc) is 2.88. The highest BCUT2D eigenvalue weighted by molar-refractivity contribution is 7.16. The van der Waals surface area contributed by atoms with Crippen molar-refractivity contribution in [1.82, 2.24) is 19.7 Å². The minimum Gasteiger partial charge on any atom is -0.217 e. The molecule has 92 valence electrons. The van der Waals surface area contributed by atoms with Crippen molar-refractivity contribution in [1.29, 1.82) is 0 Å². The van der Waals surface area contributed by atoms with Gasteiger partial charge >= 0.3 is 0 Å². The van der Waals surface area contributed by atoms with Crippen molar-refractivity contribution in [3.8, 4) is 5.82 Å². The Kier molecular flexibility index (Phi) is 2.77. The molecule has 7 heteroatoms. The predicted molar refractivity (Wildman–Crippen MR) is 74.0 cm³/mol. The molecule has 0 saturated carbocycles. The van der Waals surface area contributed by atoms with Crippen molar-refractivity contribution in [2.75, 3.05) is 0 Å². The van der Waals surface area contributed by atoms with Gasteiger partial charge in [0, 0.05) is 0 Å². The first-order valence-electron chi connectivity index (χ1n) is 5.21. The van der Waals surface area contributed by atoms with E-state index < -0.39 is 0 Å². The first-order valence-corrected chi connectivity index (χ1v) is 6.84. The van der Waals surface area contributed by atoms with Gasteiger partial charge in [0.05, 0.1) is 21.8 Å². The molecule has 0 bridgehead atoms. The number of thiophene rings is 1. The van der Waals surface area contributed by atoms with E-state index in [1.165, 1.54) is 11.3 Å². The van der Waals surface area contributed by atoms with E-state index in [1.54, 1.807) is 4.68 Å². The number of aryl methyl sites for hydroxylation is 1. The van der Waals surface area contributed by atoms with E-state index >= 15 is 0 Å². The summed E-state index contributed by atoms with van der Waals surface area (Å²) >= 11 is 13.6. The zero-order valence-electron chi connectivity index (χ0n) is 9.61. The SMILES string of the molecule is Cc1nn(-c2nc(Cl)nc3sccc23)c(C)c1Cl. The van der Waals surface area contributed by atoms with Crippen LogP contribution in [0.1, 0.15) is 11.4 Å². The third-order valence-electron chi connectivity index (χ3n) is 2.68. The summed E-state index contributed by atoms with van der Waals surface area (Å²) in [4.78, 5) is 9.28. The zero-order chi connectivity index (χ0) is 12.9. The highest BCUT2D eigenvalue weighted by atomic mass is 35.5. The summed E-state index contributed by atoms with van der Waals surface area (Å²) in [5, 5.41) is 8.12. The van der Waals surface area contributed by atoms with E-state index in [1.807, 2.05) is 25.3 Å². The molecular weight excluding hydrogens is 291 g/mol. The molecule has 0 N–H and O–H groups in total. The molecule has 0 atom stereocenters. The van der Waals surface area contributed by atoms with Crippen molar-refractivity contribution >= 4 is 44.8 Å². The van der Waals surface area contributed by atoms with Gasteiger partial charge in [-0.3, -0.25) is 0 Å². The number of hydrogen-bond acceptors (Lipinski definition) is 4. The second kappa shape index (κ2) is 4.19. The van der Waals surface area contributed by atoms with Crippen LogP contribution in [0.2, 0.25) is 10.3 Å². The van der Waals surface area contributed by atoms with Crippen LogP contribution in [0, 0.1) is 13.8 Å². The smallest absolute Gasteiger partial charge is 0.217 e. The number of fused-ring (bicyclic) bond motifs is 1. The van der Waals surface area contributed by atoms with Gasteiger partial charge in [0.25, 0.3) is 0 Å². The third-order valence-corrected chi connectivity index (χ3v) is 4.20. The van der Waals surface area contributed by atoms with Gasteiger partial charge < -0.3 is 0 Å². The molecule has 3 aromatic rings. The number of halogens is 2. The summed E-state index contributed by atoms with van der Waals surface area (Å²) in [6, 6.07) is 1.95. The van der Waals surface area contributed by atoms with Crippen LogP contribution in [0.25, 0.3) is 16.0 Å². The normalized spacial score (nSPS) is 11.3. The molecule has 0 spiro atoms. The number of nitrogens with zero attached hydrogens (tertiary/aromatic N) is 4. The quantitative estimate of drug-likeness (QED) is 0.642. The van der Waals surface area contributed by atoms with Crippen LogP contribution in [0.3, 0.4) is 0 Å². The number of hydrogen-bond donors (Lipinski definition) is 0. The van der Waals surface area contributed by atoms with Gasteiger partial charge in [0.15, 0.2) is 5.82 Å². The summed E-state index contributed by atoms with van der Waals surface area (Å²) in [5.74, 6) is 0.666. The van der Waals surface area contributed by atoms with E-state index in [9.17, 15) is 0 Å². The Bertz CT molecular complexity index is 747. The van der Waals surface area contributed by atoms with Gasteiger partial charge in [-0.15, -0.1) is 11.3 Å². The maximum atomic E-state index is 6.16. The first kappa shape index (κ1) is 11.9. The molecule has 0 aromatic carbocycles. The fourth-order valence-corrected chi connectivity index (χ4v) is 2.90. The Balaban J connectivity index is 2.37. The van der Waals surface area contributed by atoms with E-state index in [0.29, 0.717) is 10.8 Å². The first-order chi connectivity index (χ1) is 8.58. The Morgan fingerprint density at radius 3 is 2.67 bits per heavy atom. The fourth-order valence-electron chi connectivity index (χ4n) is 1.81. The van der Waals surface area contributed by atoms with Crippen molar-refractivity contribution in [3.05, 3.63) is 33.1 Å². The molecule has 0 unspecified atom stereocenters. The van der Waals surface area contributed by atoms with Gasteiger partial charge in [-0.1, -0.05) is 11.6 Å². The van der Waals surface area contributed by atoms with Crippen molar-refractivity contribution in [2.45, 2.75) is 13.8 Å². The maximum absolute atomic E-state index is 6.16. The minimum atomic E-state index is 0.212. The van der Waals surface area contributed by atoms with Gasteiger partial charge in [-0.25, -0.2) is 9.67 Å². The predicted octanol–water partition coefficient (Wildman–Crippen LogP) is 3.80. The van der Waals surface area contributed by atoms with Crippen molar-refractivity contribution in [3.63, 3.8) is 0 Å². The lowest BCUT2D eigenvalue weighted by Gasteiger charge is -2.05. The Hall–Kier alpha value is -1.17. The van der Waals surface area contributed by atoms with E-state index in [0.717, 1.165) is 21.6 Å². The maximum Gasteiger partial charge on any atom is 0.225 e. The molecular formula is C11H8Cl2N4S. The molecule has 0 aliphatic carbocycles. The fraction of sp³-hybridized carbons (Fsp3) is 0.182. The van der Waals surface area contributed by atoms with Gasteiger partial charge in [0.2, 0.25) is 5.28 Å². The average molecular weight is 299 g/mol. The van der Waals surface area contributed by atoms with Gasteiger partial charge in [0.1, 0.15) is 4.83 Å². The lowest BCUT2D eigenvalue weighted by atomic mass is 10.3. The number of rotatable bonds is 1. The highest BCUT2D eigenvalue weighted by Gasteiger charge is 2.16. The monoisotopic (exact) mass is 298 g/mol. The zero-order valence-corrected chi connectivity index (χ0v) is 11.9. The van der Waals surface area contributed by atoms with Crippen LogP contribution >= 0.6 is 34.5 Å². The lowest BCUT2D eigenvalue weighted by molar-refractivity contribution is 0.811. The molecule has 0 radical (unpaired) electrons. The third kappa shape index (κ3) is 1.70. The lowest BCUT2D eigenvalue weighted by Crippen LogP contribution is -2.03. The van der Waals surface area contributed by atoms with Crippen LogP contribution in [-0.2, 0) is 0 Å². The molecule has 0 fully saturated rings. The van der Waals surface area contributed by atoms with Crippen LogP contribution in [0.5, 0.6) is 0 Å². The van der Waals surface area contributed by atoms with Crippen molar-refractivity contribution < 1.29 is 0 Å². The molecule has 3 aromatic heterocycles. The van der Waals surface area contributed by atoms with Crippen LogP contribution < -0.4 is 0 Å². The number of aromatic nitrogens is 4. The molecule has 0 aliphatic heterocycles. The summed E-state index contributed by atoms with van der Waals surface area (Å²) in [6.45, 7) is 3.76. The summed E-state index contributed by atoms with van der Waals surface area (Å²) in [5.41, 5.74) is 1.61. The van der Waals surface area contributed by atoms with Crippen LogP contribution in [0.15, 0.2) is 11.4 Å². The second-order valence-corrected chi connectivity index (χ2v) is 5.46. The molecule has 0 saturated heterocycles. The largest absolute Gasteiger partial charge is 0.225 e. The topological polar surface area (TPSA) is 43.6 Å². The molecule has 4 nitrogen and oxygen atoms in total. The summed E-state index contributed by atoms with van der Waals surface area (Å²) in [7, 11) is 0. The molecule has 0 amide bonds.